The van der Waals surface area contributed by atoms with Crippen LogP contribution in [0.2, 0.25) is 0 Å². The molecule has 0 saturated heterocycles. The first-order chi connectivity index (χ1) is 29.9. The smallest absolute Gasteiger partial charge is 0.252 e. The number of nitrogens with one attached hydrogen (secondary N) is 5. The number of aryl methyl sites for hydroxylation is 2. The number of unbranched alkanes of at least 4 members (excludes halogenated alkanes) is 4. The first-order valence-corrected chi connectivity index (χ1v) is 21.4. The van der Waals surface area contributed by atoms with Gasteiger partial charge < -0.3 is 52.4 Å². The zero-order chi connectivity index (χ0) is 45.2. The van der Waals surface area contributed by atoms with Gasteiger partial charge in [0.05, 0.1) is 6.07 Å². The molecule has 4 atom stereocenters. The summed E-state index contributed by atoms with van der Waals surface area (Å²) in [5, 5.41) is 23.0. The molecule has 16 nitrogen and oxygen atoms in total. The summed E-state index contributed by atoms with van der Waals surface area (Å²) in [7, 11) is 3.11. The van der Waals surface area contributed by atoms with Gasteiger partial charge in [0.2, 0.25) is 23.6 Å². The average molecular weight is 854 g/mol. The van der Waals surface area contributed by atoms with E-state index in [9.17, 15) is 24.0 Å². The van der Waals surface area contributed by atoms with E-state index in [0.29, 0.717) is 39.3 Å². The van der Waals surface area contributed by atoms with Crippen molar-refractivity contribution in [2.24, 2.45) is 11.5 Å². The molecular weight excluding hydrogens is 791 g/mol. The van der Waals surface area contributed by atoms with Crippen LogP contribution in [0.5, 0.6) is 11.5 Å². The van der Waals surface area contributed by atoms with Gasteiger partial charge in [-0.2, -0.15) is 5.26 Å². The number of amides is 5. The zero-order valence-corrected chi connectivity index (χ0v) is 36.6. The molecule has 62 heavy (non-hydrogen) atoms. The van der Waals surface area contributed by atoms with Gasteiger partial charge in [-0.3, -0.25) is 24.0 Å². The molecule has 0 saturated carbocycles. The molecule has 4 bridgehead atoms. The predicted molar refractivity (Wildman–Crippen MR) is 237 cm³/mol. The molecule has 334 valence electrons. The highest BCUT2D eigenvalue weighted by atomic mass is 16.5. The highest BCUT2D eigenvalue weighted by Crippen LogP contribution is 2.40. The van der Waals surface area contributed by atoms with Crippen molar-refractivity contribution in [2.45, 2.75) is 89.9 Å². The van der Waals surface area contributed by atoms with Gasteiger partial charge in [0.25, 0.3) is 5.91 Å². The summed E-state index contributed by atoms with van der Waals surface area (Å²) >= 11 is 0. The Morgan fingerprint density at radius 1 is 0.919 bits per heavy atom. The second kappa shape index (κ2) is 24.4. The molecule has 0 fully saturated rings. The summed E-state index contributed by atoms with van der Waals surface area (Å²) < 4.78 is 12.2. The van der Waals surface area contributed by atoms with E-state index in [1.165, 1.54) is 38.1 Å². The third-order valence-electron chi connectivity index (χ3n) is 10.7. The summed E-state index contributed by atoms with van der Waals surface area (Å²) in [4.78, 5) is 71.2. The molecule has 5 amide bonds. The van der Waals surface area contributed by atoms with Gasteiger partial charge >= 0.3 is 0 Å². The van der Waals surface area contributed by atoms with E-state index >= 15 is 0 Å². The number of carbonyl (C=O) groups excluding carboxylic acids is 5. The van der Waals surface area contributed by atoms with Crippen LogP contribution in [0, 0.1) is 18.3 Å². The van der Waals surface area contributed by atoms with Crippen molar-refractivity contribution in [3.05, 3.63) is 82.4 Å². The Kier molecular flexibility index (Phi) is 19.2. The van der Waals surface area contributed by atoms with Crippen LogP contribution >= 0.6 is 0 Å². The molecule has 1 aliphatic rings. The first-order valence-electron chi connectivity index (χ1n) is 21.4. The van der Waals surface area contributed by atoms with E-state index in [1.807, 2.05) is 25.1 Å². The third-order valence-corrected chi connectivity index (χ3v) is 10.7. The van der Waals surface area contributed by atoms with Crippen molar-refractivity contribution in [3.8, 4) is 28.7 Å². The Hall–Kier alpha value is -6.02. The van der Waals surface area contributed by atoms with E-state index < -0.39 is 53.7 Å². The lowest BCUT2D eigenvalue weighted by Crippen LogP contribution is -2.56. The lowest BCUT2D eigenvalue weighted by Gasteiger charge is -2.32. The lowest BCUT2D eigenvalue weighted by atomic mass is 9.93. The van der Waals surface area contributed by atoms with E-state index in [0.717, 1.165) is 30.4 Å². The average Bonchev–Trinajstić information content (AvgIpc) is 3.26. The minimum Gasteiger partial charge on any atom is -0.492 e. The minimum atomic E-state index is -1.34. The Labute approximate surface area is 364 Å². The van der Waals surface area contributed by atoms with Gasteiger partial charge in [-0.25, -0.2) is 0 Å². The third kappa shape index (κ3) is 13.2. The number of carbonyl (C=O) groups is 5. The number of rotatable bonds is 20. The number of nitrogens with zero attached hydrogens (tertiary/aromatic N) is 2. The fraction of sp³-hybridized carbons (Fsp3) is 0.478. The van der Waals surface area contributed by atoms with Crippen LogP contribution < -0.4 is 47.5 Å². The maximum atomic E-state index is 14.6. The molecule has 3 aromatic carbocycles. The van der Waals surface area contributed by atoms with Crippen LogP contribution in [0.3, 0.4) is 0 Å². The highest BCUT2D eigenvalue weighted by Gasteiger charge is 2.36. The number of likely N-dealkylation sites (N-methyl/N-ethyl adjacent to an activating group) is 2. The summed E-state index contributed by atoms with van der Waals surface area (Å²) in [5.74, 6) is -2.19. The Morgan fingerprint density at radius 3 is 2.24 bits per heavy atom. The normalized spacial score (nSPS) is 16.7. The number of benzene rings is 3. The van der Waals surface area contributed by atoms with Crippen LogP contribution in [0.15, 0.2) is 54.6 Å². The van der Waals surface area contributed by atoms with Crippen molar-refractivity contribution in [1.29, 1.82) is 5.26 Å². The van der Waals surface area contributed by atoms with E-state index in [1.54, 1.807) is 49.5 Å². The Bertz CT molecular complexity index is 2070. The van der Waals surface area contributed by atoms with Crippen molar-refractivity contribution < 1.29 is 33.4 Å². The molecule has 9 N–H and O–H groups in total. The van der Waals surface area contributed by atoms with Crippen LogP contribution in [-0.2, 0) is 32.0 Å². The van der Waals surface area contributed by atoms with Crippen LogP contribution in [-0.4, -0.2) is 106 Å². The predicted octanol–water partition coefficient (Wildman–Crippen LogP) is 2.55. The molecule has 0 aliphatic carbocycles. The summed E-state index contributed by atoms with van der Waals surface area (Å²) in [5.41, 5.74) is 16.0. The topological polar surface area (TPSA) is 243 Å². The number of fused-ring (bicyclic) bond motifs is 5. The van der Waals surface area contributed by atoms with Crippen LogP contribution in [0.4, 0.5) is 0 Å². The molecule has 4 rings (SSSR count). The zero-order valence-electron chi connectivity index (χ0n) is 36.6. The van der Waals surface area contributed by atoms with Gasteiger partial charge in [0.15, 0.2) is 0 Å². The summed E-state index contributed by atoms with van der Waals surface area (Å²) in [6.07, 6.45) is 6.74. The fourth-order valence-corrected chi connectivity index (χ4v) is 7.41. The van der Waals surface area contributed by atoms with E-state index in [4.69, 9.17) is 26.2 Å². The van der Waals surface area contributed by atoms with Gasteiger partial charge in [-0.15, -0.1) is 0 Å². The Morgan fingerprint density at radius 2 is 1.60 bits per heavy atom. The molecule has 16 heteroatoms. The van der Waals surface area contributed by atoms with Crippen molar-refractivity contribution in [3.63, 3.8) is 0 Å². The number of nitrogens with two attached hydrogens (primary N) is 2. The largest absolute Gasteiger partial charge is 0.492 e. The summed E-state index contributed by atoms with van der Waals surface area (Å²) in [6, 6.07) is 13.1. The number of nitriles is 1. The van der Waals surface area contributed by atoms with E-state index in [-0.39, 0.29) is 45.8 Å². The highest BCUT2D eigenvalue weighted by molar-refractivity contribution is 6.00. The molecule has 0 spiro atoms. The Balaban J connectivity index is 1.78. The van der Waals surface area contributed by atoms with Gasteiger partial charge in [-0.1, -0.05) is 56.9 Å². The summed E-state index contributed by atoms with van der Waals surface area (Å²) in [6.45, 7) is 6.02. The maximum absolute atomic E-state index is 14.6. The van der Waals surface area contributed by atoms with Gasteiger partial charge in [-0.05, 0) is 86.3 Å². The fourth-order valence-electron chi connectivity index (χ4n) is 7.41. The maximum Gasteiger partial charge on any atom is 0.252 e. The van der Waals surface area contributed by atoms with Crippen molar-refractivity contribution in [1.82, 2.24) is 31.5 Å². The number of hydrogen-bond acceptors (Lipinski definition) is 11. The standard InChI is InChI=1S/C46H63N9O7/c1-6-7-8-9-10-11-31-12-15-34(29(2)24-31)43(57)54-38(28-50-4)46(60)55(5)41-33-14-17-40(62-23-20-49)36(27-33)35-25-32(13-16-39(35)61-22-19-48)26-37(44(58)51-21-18-47)53-42(56)30(3)52-45(41)59/h12-17,24-25,27,30,37-38,41,50H,6-11,19-23,26,28,48-49H2,1-5H3,(H,51,58)(H,52,59)(H,53,56)(H,54,57). The van der Waals surface area contributed by atoms with Crippen molar-refractivity contribution >= 4 is 29.5 Å². The van der Waals surface area contributed by atoms with Gasteiger partial charge in [0, 0.05) is 49.8 Å². The minimum absolute atomic E-state index is 0.0216. The monoisotopic (exact) mass is 853 g/mol. The molecule has 1 aliphatic heterocycles. The second-order valence-corrected chi connectivity index (χ2v) is 15.5. The molecule has 3 aromatic rings. The molecule has 0 aromatic heterocycles. The lowest BCUT2D eigenvalue weighted by molar-refractivity contribution is -0.141. The van der Waals surface area contributed by atoms with Crippen molar-refractivity contribution in [2.75, 3.05) is 53.5 Å². The second-order valence-electron chi connectivity index (χ2n) is 15.5. The molecule has 1 heterocycles. The SMILES string of the molecule is CCCCCCCc1ccc(C(=O)NC(CNC)C(=O)N(C)C2C(=O)NC(C)C(=O)NC(C(=O)NCC#N)Cc3ccc(OCCN)c(c3)-c3cc2ccc3OCCN)c(C)c1. The number of hydrogen-bond donors (Lipinski definition) is 7. The van der Waals surface area contributed by atoms with Crippen LogP contribution in [0.25, 0.3) is 11.1 Å². The quantitative estimate of drug-likeness (QED) is 0.0644. The molecule has 4 unspecified atom stereocenters. The first kappa shape index (κ1) is 48.6. The number of ether oxygens (including phenoxy) is 2. The van der Waals surface area contributed by atoms with Crippen LogP contribution in [0.1, 0.15) is 84.6 Å². The molecular formula is C46H63N9O7. The van der Waals surface area contributed by atoms with Gasteiger partial charge in [0.1, 0.15) is 55.4 Å². The van der Waals surface area contributed by atoms with E-state index in [2.05, 4.69) is 33.5 Å². The molecule has 0 radical (unpaired) electrons.